The first-order valence-corrected chi connectivity index (χ1v) is 24.9. The summed E-state index contributed by atoms with van der Waals surface area (Å²) in [6, 6.07) is 0. The summed E-state index contributed by atoms with van der Waals surface area (Å²) in [6.45, 7) is 4.04. The van der Waals surface area contributed by atoms with E-state index in [0.29, 0.717) is 36.1 Å². The summed E-state index contributed by atoms with van der Waals surface area (Å²) in [5.41, 5.74) is 0. The fourth-order valence-electron chi connectivity index (χ4n) is 5.96. The molecular formula is C50H84NO9P. The predicted octanol–water partition coefficient (Wildman–Crippen LogP) is 11.9. The van der Waals surface area contributed by atoms with Gasteiger partial charge in [0.05, 0.1) is 40.0 Å². The van der Waals surface area contributed by atoms with Gasteiger partial charge in [0.1, 0.15) is 19.8 Å². The minimum Gasteiger partial charge on any atom is -0.756 e. The van der Waals surface area contributed by atoms with Gasteiger partial charge in [0.25, 0.3) is 7.82 Å². The van der Waals surface area contributed by atoms with Crippen LogP contribution >= 0.6 is 7.82 Å². The quantitative estimate of drug-likeness (QED) is 0.0148. The van der Waals surface area contributed by atoms with Crippen LogP contribution in [0.3, 0.4) is 0 Å². The van der Waals surface area contributed by atoms with E-state index in [1.54, 1.807) is 0 Å². The van der Waals surface area contributed by atoms with Crippen LogP contribution in [0.2, 0.25) is 0 Å². The summed E-state index contributed by atoms with van der Waals surface area (Å²) in [6.07, 6.45) is 50.7. The molecule has 11 heteroatoms. The Bertz CT molecular complexity index is 1380. The Morgan fingerprint density at radius 1 is 0.590 bits per heavy atom. The number of unbranched alkanes of at least 4 members (excludes halogenated alkanes) is 10. The minimum absolute atomic E-state index is 0.0529. The van der Waals surface area contributed by atoms with E-state index in [9.17, 15) is 19.0 Å². The van der Waals surface area contributed by atoms with Crippen molar-refractivity contribution in [3.05, 3.63) is 85.1 Å². The van der Waals surface area contributed by atoms with Gasteiger partial charge < -0.3 is 32.6 Å². The van der Waals surface area contributed by atoms with Gasteiger partial charge in [-0.3, -0.25) is 14.2 Å². The third-order valence-electron chi connectivity index (χ3n) is 9.79. The molecule has 0 aromatic heterocycles. The topological polar surface area (TPSA) is 124 Å². The fraction of sp³-hybridized carbons (Fsp3) is 0.680. The molecule has 10 nitrogen and oxygen atoms in total. The molecule has 4 atom stereocenters. The molecule has 0 aromatic rings. The number of phosphoric ester groups is 1. The molecule has 1 saturated heterocycles. The van der Waals surface area contributed by atoms with Crippen molar-refractivity contribution in [2.24, 2.45) is 0 Å². The van der Waals surface area contributed by atoms with E-state index in [4.69, 9.17) is 23.3 Å². The number of nitrogens with zero attached hydrogens (tertiary/aromatic N) is 1. The van der Waals surface area contributed by atoms with E-state index in [0.717, 1.165) is 70.6 Å². The first kappa shape index (κ1) is 56.2. The summed E-state index contributed by atoms with van der Waals surface area (Å²) >= 11 is 0. The molecule has 1 aliphatic rings. The Labute approximate surface area is 371 Å². The van der Waals surface area contributed by atoms with Crippen LogP contribution < -0.4 is 4.89 Å². The van der Waals surface area contributed by atoms with Crippen LogP contribution in [0.15, 0.2) is 85.1 Å². The smallest absolute Gasteiger partial charge is 0.306 e. The first-order valence-electron chi connectivity index (χ1n) is 23.4. The Morgan fingerprint density at radius 3 is 1.59 bits per heavy atom. The third kappa shape index (κ3) is 38.5. The summed E-state index contributed by atoms with van der Waals surface area (Å²) in [5, 5.41) is 0. The Hall–Kier alpha value is -2.85. The number of carbonyl (C=O) groups is 2. The van der Waals surface area contributed by atoms with Crippen LogP contribution in [-0.4, -0.2) is 82.2 Å². The molecule has 0 aliphatic carbocycles. The number of ether oxygens (including phenoxy) is 3. The van der Waals surface area contributed by atoms with E-state index >= 15 is 0 Å². The van der Waals surface area contributed by atoms with Crippen molar-refractivity contribution in [2.45, 2.75) is 173 Å². The van der Waals surface area contributed by atoms with E-state index in [2.05, 4.69) is 92.8 Å². The largest absolute Gasteiger partial charge is 0.756 e. The van der Waals surface area contributed by atoms with Crippen LogP contribution in [-0.2, 0) is 37.4 Å². The molecule has 1 rings (SSSR count). The van der Waals surface area contributed by atoms with Crippen LogP contribution in [0.25, 0.3) is 0 Å². The Balaban J connectivity index is 2.34. The molecule has 0 N–H and O–H groups in total. The monoisotopic (exact) mass is 874 g/mol. The van der Waals surface area contributed by atoms with E-state index in [1.807, 2.05) is 27.2 Å². The van der Waals surface area contributed by atoms with Crippen LogP contribution in [0, 0.1) is 0 Å². The van der Waals surface area contributed by atoms with E-state index in [1.165, 1.54) is 44.9 Å². The summed E-state index contributed by atoms with van der Waals surface area (Å²) in [5.74, 6) is -0.950. The van der Waals surface area contributed by atoms with Gasteiger partial charge >= 0.3 is 11.9 Å². The number of allylic oxidation sites excluding steroid dienone is 12. The lowest BCUT2D eigenvalue weighted by atomic mass is 10.1. The molecule has 1 fully saturated rings. The van der Waals surface area contributed by atoms with Gasteiger partial charge in [-0.15, -0.1) is 0 Å². The lowest BCUT2D eigenvalue weighted by Gasteiger charge is -2.28. The van der Waals surface area contributed by atoms with Gasteiger partial charge in [-0.1, -0.05) is 131 Å². The number of epoxide rings is 1. The molecule has 3 unspecified atom stereocenters. The molecule has 0 spiro atoms. The van der Waals surface area contributed by atoms with Gasteiger partial charge in [-0.25, -0.2) is 0 Å². The van der Waals surface area contributed by atoms with Crippen molar-refractivity contribution < 1.29 is 46.8 Å². The summed E-state index contributed by atoms with van der Waals surface area (Å²) in [7, 11) is 1.09. The molecule has 0 radical (unpaired) electrons. The van der Waals surface area contributed by atoms with Gasteiger partial charge in [0.2, 0.25) is 0 Å². The van der Waals surface area contributed by atoms with Crippen molar-refractivity contribution in [1.82, 2.24) is 0 Å². The molecule has 348 valence electrons. The van der Waals surface area contributed by atoms with Crippen LogP contribution in [0.4, 0.5) is 0 Å². The van der Waals surface area contributed by atoms with Crippen molar-refractivity contribution in [1.29, 1.82) is 0 Å². The highest BCUT2D eigenvalue weighted by Crippen LogP contribution is 2.38. The number of phosphoric acid groups is 1. The van der Waals surface area contributed by atoms with E-state index < -0.39 is 32.5 Å². The van der Waals surface area contributed by atoms with Crippen LogP contribution in [0.1, 0.15) is 155 Å². The second-order valence-corrected chi connectivity index (χ2v) is 18.2. The molecule has 61 heavy (non-hydrogen) atoms. The molecular weight excluding hydrogens is 790 g/mol. The Kier molecular flexibility index (Phi) is 34.7. The zero-order chi connectivity index (χ0) is 44.7. The van der Waals surface area contributed by atoms with Crippen LogP contribution in [0.5, 0.6) is 0 Å². The van der Waals surface area contributed by atoms with Gasteiger partial charge in [0.15, 0.2) is 6.10 Å². The van der Waals surface area contributed by atoms with Crippen molar-refractivity contribution in [3.8, 4) is 0 Å². The maximum Gasteiger partial charge on any atom is 0.306 e. The highest BCUT2D eigenvalue weighted by Gasteiger charge is 2.36. The summed E-state index contributed by atoms with van der Waals surface area (Å²) in [4.78, 5) is 37.6. The minimum atomic E-state index is -4.66. The second kappa shape index (κ2) is 37.7. The normalized spacial score (nSPS) is 17.6. The van der Waals surface area contributed by atoms with E-state index in [-0.39, 0.29) is 26.1 Å². The average molecular weight is 874 g/mol. The fourth-order valence-corrected chi connectivity index (χ4v) is 6.69. The molecule has 1 aliphatic heterocycles. The molecule has 1 heterocycles. The maximum absolute atomic E-state index is 12.7. The molecule has 0 bridgehead atoms. The van der Waals surface area contributed by atoms with Gasteiger partial charge in [-0.2, -0.15) is 0 Å². The second-order valence-electron chi connectivity index (χ2n) is 16.8. The molecule has 0 aromatic carbocycles. The van der Waals surface area contributed by atoms with Crippen molar-refractivity contribution >= 4 is 19.8 Å². The number of rotatable bonds is 40. The van der Waals surface area contributed by atoms with Crippen molar-refractivity contribution in [2.75, 3.05) is 47.5 Å². The zero-order valence-corrected chi connectivity index (χ0v) is 39.7. The standard InChI is InChI=1S/C50H84NO9P/c1-6-8-10-12-14-15-16-17-18-19-20-21-22-23-24-25-28-33-37-41-50(53)59-46(45-58-61(54,55)57-43-42-51(3,4)5)44-56-49(52)40-36-32-29-26-27-31-35-39-48-47(60-48)38-34-30-13-11-9-7-2/h14-15,17-18,20-21,23-24,26,29-31,34-35,46-48H,6-13,16,19,22,25,27-28,32-33,36-45H2,1-5H3/b15-14-,18-17-,21-20-,24-23-,29-26-,34-30-,35-31-/t46-,47?,48?/m1/s1. The zero-order valence-electron chi connectivity index (χ0n) is 38.8. The average Bonchev–Trinajstić information content (AvgIpc) is 3.97. The molecule has 0 amide bonds. The third-order valence-corrected chi connectivity index (χ3v) is 10.8. The van der Waals surface area contributed by atoms with Gasteiger partial charge in [-0.05, 0) is 96.3 Å². The number of esters is 2. The highest BCUT2D eigenvalue weighted by atomic mass is 31.2. The highest BCUT2D eigenvalue weighted by molar-refractivity contribution is 7.45. The number of quaternary nitrogens is 1. The van der Waals surface area contributed by atoms with Gasteiger partial charge in [0, 0.05) is 12.8 Å². The maximum atomic E-state index is 12.7. The number of hydrogen-bond acceptors (Lipinski definition) is 9. The predicted molar refractivity (Wildman–Crippen MR) is 249 cm³/mol. The van der Waals surface area contributed by atoms with Crippen molar-refractivity contribution in [3.63, 3.8) is 0 Å². The number of likely N-dealkylation sites (N-methyl/N-ethyl adjacent to an activating group) is 1. The number of carbonyl (C=O) groups excluding carboxylic acids is 2. The Morgan fingerprint density at radius 2 is 1.05 bits per heavy atom. The lowest BCUT2D eigenvalue weighted by molar-refractivity contribution is -0.870. The number of hydrogen-bond donors (Lipinski definition) is 0. The molecule has 0 saturated carbocycles. The lowest BCUT2D eigenvalue weighted by Crippen LogP contribution is -2.37. The summed E-state index contributed by atoms with van der Waals surface area (Å²) < 4.78 is 39.6. The SMILES string of the molecule is CCCCC/C=C\C/C=C\C/C=C\C/C=C\CCCCCC(=O)O[C@H](COC(=O)CCC/C=C\C/C=C\CC1OC1C/C=C\CCCCC)COP(=O)([O-])OCC[N+](C)(C)C. The first-order chi connectivity index (χ1) is 29.5.